The van der Waals surface area contributed by atoms with Crippen LogP contribution in [-0.2, 0) is 16.0 Å². The first-order valence-corrected chi connectivity index (χ1v) is 8.10. The summed E-state index contributed by atoms with van der Waals surface area (Å²) in [5.74, 6) is 1.56. The zero-order valence-corrected chi connectivity index (χ0v) is 13.7. The van der Waals surface area contributed by atoms with Crippen LogP contribution in [-0.4, -0.2) is 61.4 Å². The molecule has 0 saturated carbocycles. The number of hydrogen-bond acceptors (Lipinski definition) is 6. The van der Waals surface area contributed by atoms with Crippen LogP contribution in [0.4, 0.5) is 0 Å². The molecule has 4 rings (SSSR count). The number of nitrogens with one attached hydrogen (secondary N) is 1. The minimum atomic E-state index is 0.129. The molecule has 0 aliphatic carbocycles. The van der Waals surface area contributed by atoms with E-state index in [0.29, 0.717) is 19.8 Å². The van der Waals surface area contributed by atoms with Gasteiger partial charge in [0.25, 0.3) is 0 Å². The van der Waals surface area contributed by atoms with Crippen molar-refractivity contribution in [2.24, 2.45) is 0 Å². The average molecular weight is 331 g/mol. The topological polar surface area (TPSA) is 68.8 Å². The van der Waals surface area contributed by atoms with Crippen LogP contribution < -0.4 is 9.47 Å². The number of likely N-dealkylation sites (N-methyl/N-ethyl adjacent to an activating group) is 1. The largest absolute Gasteiger partial charge is 0.454 e. The molecule has 1 N–H and O–H groups in total. The predicted octanol–water partition coefficient (Wildman–Crippen LogP) is 1.65. The van der Waals surface area contributed by atoms with Crippen LogP contribution in [0, 0.1) is 0 Å². The maximum Gasteiger partial charge on any atom is 0.231 e. The van der Waals surface area contributed by atoms with Gasteiger partial charge in [-0.25, -0.2) is 0 Å². The second kappa shape index (κ2) is 6.80. The number of hydrogen-bond donors (Lipinski definition) is 1. The van der Waals surface area contributed by atoms with E-state index in [4.69, 9.17) is 18.9 Å². The Morgan fingerprint density at radius 2 is 2.17 bits per heavy atom. The molecule has 1 aromatic heterocycles. The van der Waals surface area contributed by atoms with E-state index >= 15 is 0 Å². The SMILES string of the molecule is CN(Cc1cn[nH]c1-c1ccc2c(c1)OCO2)C[C@H]1COCCO1. The molecule has 7 heteroatoms. The summed E-state index contributed by atoms with van der Waals surface area (Å²) in [4.78, 5) is 2.22. The zero-order chi connectivity index (χ0) is 16.4. The van der Waals surface area contributed by atoms with E-state index in [-0.39, 0.29) is 12.9 Å². The third kappa shape index (κ3) is 3.24. The molecule has 24 heavy (non-hydrogen) atoms. The van der Waals surface area contributed by atoms with Crippen LogP contribution in [0.1, 0.15) is 5.56 Å². The first kappa shape index (κ1) is 15.4. The minimum absolute atomic E-state index is 0.129. The van der Waals surface area contributed by atoms with E-state index in [1.54, 1.807) is 0 Å². The summed E-state index contributed by atoms with van der Waals surface area (Å²) >= 11 is 0. The summed E-state index contributed by atoms with van der Waals surface area (Å²) in [6.07, 6.45) is 2.00. The number of ether oxygens (including phenoxy) is 4. The highest BCUT2D eigenvalue weighted by molar-refractivity contribution is 5.66. The molecule has 0 radical (unpaired) electrons. The number of fused-ring (bicyclic) bond motifs is 1. The summed E-state index contributed by atoms with van der Waals surface area (Å²) in [5.41, 5.74) is 3.17. The predicted molar refractivity (Wildman–Crippen MR) is 87.0 cm³/mol. The maximum atomic E-state index is 5.71. The standard InChI is InChI=1S/C17H21N3O4/c1-20(9-14-10-21-4-5-22-14)8-13-7-18-19-17(13)12-2-3-15-16(6-12)24-11-23-15/h2-3,6-7,14H,4-5,8-11H2,1H3,(H,18,19)/t14-/m0/s1. The average Bonchev–Trinajstić information content (AvgIpc) is 3.23. The molecular weight excluding hydrogens is 310 g/mol. The number of aromatic amines is 1. The summed E-state index contributed by atoms with van der Waals surface area (Å²) in [5, 5.41) is 7.31. The Bertz CT molecular complexity index is 697. The fraction of sp³-hybridized carbons (Fsp3) is 0.471. The maximum absolute atomic E-state index is 5.71. The molecule has 128 valence electrons. The lowest BCUT2D eigenvalue weighted by molar-refractivity contribution is -0.0962. The van der Waals surface area contributed by atoms with Gasteiger partial charge in [0.15, 0.2) is 11.5 Å². The van der Waals surface area contributed by atoms with Crippen LogP contribution in [0.3, 0.4) is 0 Å². The Morgan fingerprint density at radius 1 is 1.25 bits per heavy atom. The van der Waals surface area contributed by atoms with Crippen LogP contribution >= 0.6 is 0 Å². The van der Waals surface area contributed by atoms with Crippen molar-refractivity contribution in [1.29, 1.82) is 0 Å². The Labute approximate surface area is 140 Å². The van der Waals surface area contributed by atoms with Gasteiger partial charge in [-0.2, -0.15) is 5.10 Å². The van der Waals surface area contributed by atoms with Gasteiger partial charge in [-0.3, -0.25) is 10.00 Å². The lowest BCUT2D eigenvalue weighted by Crippen LogP contribution is -2.38. The van der Waals surface area contributed by atoms with Gasteiger partial charge in [0.2, 0.25) is 6.79 Å². The second-order valence-corrected chi connectivity index (χ2v) is 6.10. The fourth-order valence-corrected chi connectivity index (χ4v) is 3.08. The highest BCUT2D eigenvalue weighted by Crippen LogP contribution is 2.36. The number of rotatable bonds is 5. The van der Waals surface area contributed by atoms with Crippen molar-refractivity contribution in [3.8, 4) is 22.8 Å². The molecule has 7 nitrogen and oxygen atoms in total. The van der Waals surface area contributed by atoms with Crippen molar-refractivity contribution >= 4 is 0 Å². The third-order valence-electron chi connectivity index (χ3n) is 4.22. The van der Waals surface area contributed by atoms with Gasteiger partial charge >= 0.3 is 0 Å². The van der Waals surface area contributed by atoms with Gasteiger partial charge in [-0.05, 0) is 25.2 Å². The molecule has 1 aromatic carbocycles. The molecule has 1 atom stereocenters. The number of nitrogens with zero attached hydrogens (tertiary/aromatic N) is 2. The molecule has 1 fully saturated rings. The molecule has 2 aliphatic heterocycles. The Balaban J connectivity index is 1.46. The van der Waals surface area contributed by atoms with E-state index in [1.807, 2.05) is 24.4 Å². The normalized spacial score (nSPS) is 19.8. The minimum Gasteiger partial charge on any atom is -0.454 e. The molecule has 2 aliphatic rings. The van der Waals surface area contributed by atoms with E-state index in [0.717, 1.165) is 41.4 Å². The smallest absolute Gasteiger partial charge is 0.231 e. The van der Waals surface area contributed by atoms with Crippen LogP contribution in [0.15, 0.2) is 24.4 Å². The van der Waals surface area contributed by atoms with Gasteiger partial charge in [0.1, 0.15) is 0 Å². The van der Waals surface area contributed by atoms with E-state index < -0.39 is 0 Å². The number of benzene rings is 1. The van der Waals surface area contributed by atoms with Gasteiger partial charge in [0, 0.05) is 24.2 Å². The van der Waals surface area contributed by atoms with Crippen LogP contribution in [0.25, 0.3) is 11.3 Å². The third-order valence-corrected chi connectivity index (χ3v) is 4.22. The fourth-order valence-electron chi connectivity index (χ4n) is 3.08. The molecule has 3 heterocycles. The van der Waals surface area contributed by atoms with E-state index in [9.17, 15) is 0 Å². The molecule has 0 unspecified atom stereocenters. The Morgan fingerprint density at radius 3 is 3.04 bits per heavy atom. The zero-order valence-electron chi connectivity index (χ0n) is 13.7. The lowest BCUT2D eigenvalue weighted by Gasteiger charge is -2.27. The molecule has 1 saturated heterocycles. The lowest BCUT2D eigenvalue weighted by atomic mass is 10.1. The van der Waals surface area contributed by atoms with Crippen molar-refractivity contribution in [2.45, 2.75) is 12.6 Å². The Hall–Kier alpha value is -2.09. The van der Waals surface area contributed by atoms with Crippen molar-refractivity contribution in [3.63, 3.8) is 0 Å². The molecule has 0 spiro atoms. The summed E-state index contributed by atoms with van der Waals surface area (Å²) in [6.45, 7) is 3.90. The van der Waals surface area contributed by atoms with Crippen molar-refractivity contribution in [1.82, 2.24) is 15.1 Å². The summed E-state index contributed by atoms with van der Waals surface area (Å²) in [7, 11) is 2.08. The number of H-pyrrole nitrogens is 1. The van der Waals surface area contributed by atoms with Crippen molar-refractivity contribution in [2.75, 3.05) is 40.2 Å². The van der Waals surface area contributed by atoms with E-state index in [2.05, 4.69) is 22.1 Å². The highest BCUT2D eigenvalue weighted by atomic mass is 16.7. The van der Waals surface area contributed by atoms with Gasteiger partial charge < -0.3 is 18.9 Å². The second-order valence-electron chi connectivity index (χ2n) is 6.10. The van der Waals surface area contributed by atoms with Crippen molar-refractivity contribution in [3.05, 3.63) is 30.0 Å². The quantitative estimate of drug-likeness (QED) is 0.898. The number of aromatic nitrogens is 2. The van der Waals surface area contributed by atoms with Crippen LogP contribution in [0.5, 0.6) is 11.5 Å². The monoisotopic (exact) mass is 331 g/mol. The molecular formula is C17H21N3O4. The summed E-state index contributed by atoms with van der Waals surface area (Å²) < 4.78 is 22.0. The first-order chi connectivity index (χ1) is 11.8. The van der Waals surface area contributed by atoms with Gasteiger partial charge in [-0.1, -0.05) is 0 Å². The molecule has 0 bridgehead atoms. The first-order valence-electron chi connectivity index (χ1n) is 8.10. The van der Waals surface area contributed by atoms with Crippen LogP contribution in [0.2, 0.25) is 0 Å². The van der Waals surface area contributed by atoms with E-state index in [1.165, 1.54) is 0 Å². The summed E-state index contributed by atoms with van der Waals surface area (Å²) in [6, 6.07) is 5.93. The molecule has 2 aromatic rings. The molecule has 0 amide bonds. The van der Waals surface area contributed by atoms with Crippen molar-refractivity contribution < 1.29 is 18.9 Å². The van der Waals surface area contributed by atoms with Gasteiger partial charge in [0.05, 0.1) is 37.8 Å². The Kier molecular flexibility index (Phi) is 4.38. The highest BCUT2D eigenvalue weighted by Gasteiger charge is 2.19. The van der Waals surface area contributed by atoms with Gasteiger partial charge in [-0.15, -0.1) is 0 Å².